The van der Waals surface area contributed by atoms with Crippen LogP contribution in [0.25, 0.3) is 44.8 Å². The Balaban J connectivity index is 1.69. The molecule has 0 amide bonds. The van der Waals surface area contributed by atoms with E-state index in [9.17, 15) is 5.26 Å². The predicted molar refractivity (Wildman–Crippen MR) is 101 cm³/mol. The zero-order valence-corrected chi connectivity index (χ0v) is 13.7. The number of nitrogens with zero attached hydrogens (tertiary/aromatic N) is 3. The van der Waals surface area contributed by atoms with Gasteiger partial charge in [-0.2, -0.15) is 5.26 Å². The van der Waals surface area contributed by atoms with E-state index in [0.29, 0.717) is 5.56 Å². The zero-order valence-electron chi connectivity index (χ0n) is 13.7. The van der Waals surface area contributed by atoms with Crippen molar-refractivity contribution >= 4 is 22.1 Å². The number of hydrogen-bond donors (Lipinski definition) is 2. The summed E-state index contributed by atoms with van der Waals surface area (Å²) in [5.74, 6) is 1.47. The van der Waals surface area contributed by atoms with Crippen molar-refractivity contribution in [3.63, 3.8) is 0 Å². The van der Waals surface area contributed by atoms with E-state index < -0.39 is 0 Å². The third-order valence-electron chi connectivity index (χ3n) is 4.39. The van der Waals surface area contributed by atoms with Crippen molar-refractivity contribution in [3.05, 3.63) is 72.3 Å². The average Bonchev–Trinajstić information content (AvgIpc) is 3.31. The van der Waals surface area contributed by atoms with Gasteiger partial charge < -0.3 is 9.97 Å². The molecule has 0 aliphatic carbocycles. The summed E-state index contributed by atoms with van der Waals surface area (Å²) in [5, 5.41) is 9.45. The van der Waals surface area contributed by atoms with Gasteiger partial charge >= 0.3 is 0 Å². The molecular weight excluding hydrogens is 322 g/mol. The van der Waals surface area contributed by atoms with Crippen molar-refractivity contribution in [2.24, 2.45) is 0 Å². The molecule has 2 heterocycles. The van der Waals surface area contributed by atoms with E-state index in [0.717, 1.165) is 44.8 Å². The van der Waals surface area contributed by atoms with Crippen LogP contribution in [0.2, 0.25) is 0 Å². The fourth-order valence-electron chi connectivity index (χ4n) is 3.14. The van der Waals surface area contributed by atoms with Crippen LogP contribution in [0, 0.1) is 11.3 Å². The highest BCUT2D eigenvalue weighted by Gasteiger charge is 2.11. The molecule has 0 unspecified atom stereocenters. The van der Waals surface area contributed by atoms with E-state index in [-0.39, 0.29) is 0 Å². The molecule has 0 saturated carbocycles. The number of para-hydroxylation sites is 4. The van der Waals surface area contributed by atoms with Crippen LogP contribution in [-0.4, -0.2) is 19.9 Å². The molecule has 5 rings (SSSR count). The molecule has 26 heavy (non-hydrogen) atoms. The highest BCUT2D eigenvalue weighted by atomic mass is 14.9. The fourth-order valence-corrected chi connectivity index (χ4v) is 3.14. The van der Waals surface area contributed by atoms with Gasteiger partial charge in [-0.3, -0.25) is 0 Å². The quantitative estimate of drug-likeness (QED) is 0.493. The van der Waals surface area contributed by atoms with Crippen LogP contribution in [0.5, 0.6) is 0 Å². The van der Waals surface area contributed by atoms with E-state index >= 15 is 0 Å². The number of nitriles is 1. The third kappa shape index (κ3) is 2.33. The minimum atomic E-state index is 0.568. The SMILES string of the molecule is N#Cc1cc(-c2nc3ccccc3[nH]2)cc(-c2nc3ccccc3[nH]2)c1. The third-order valence-corrected chi connectivity index (χ3v) is 4.39. The number of imidazole rings is 2. The summed E-state index contributed by atoms with van der Waals surface area (Å²) < 4.78 is 0. The van der Waals surface area contributed by atoms with E-state index in [1.54, 1.807) is 0 Å². The molecule has 5 heteroatoms. The summed E-state index contributed by atoms with van der Waals surface area (Å²) in [6, 6.07) is 23.6. The van der Waals surface area contributed by atoms with Crippen molar-refractivity contribution in [2.45, 2.75) is 0 Å². The Morgan fingerprint density at radius 1 is 0.692 bits per heavy atom. The number of fused-ring (bicyclic) bond motifs is 2. The Hall–Kier alpha value is -3.91. The lowest BCUT2D eigenvalue weighted by Crippen LogP contribution is -1.88. The Morgan fingerprint density at radius 2 is 1.19 bits per heavy atom. The summed E-state index contributed by atoms with van der Waals surface area (Å²) in [7, 11) is 0. The first kappa shape index (κ1) is 14.4. The molecule has 2 aromatic heterocycles. The maximum Gasteiger partial charge on any atom is 0.138 e. The molecular formula is C21H13N5. The van der Waals surface area contributed by atoms with Crippen LogP contribution in [0.15, 0.2) is 66.7 Å². The summed E-state index contributed by atoms with van der Waals surface area (Å²) in [5.41, 5.74) is 6.01. The fraction of sp³-hybridized carbons (Fsp3) is 0. The number of aromatic nitrogens is 4. The van der Waals surface area contributed by atoms with E-state index in [1.807, 2.05) is 66.7 Å². The van der Waals surface area contributed by atoms with Gasteiger partial charge in [0.2, 0.25) is 0 Å². The summed E-state index contributed by atoms with van der Waals surface area (Å²) in [4.78, 5) is 15.9. The second-order valence-corrected chi connectivity index (χ2v) is 6.12. The summed E-state index contributed by atoms with van der Waals surface area (Å²) >= 11 is 0. The Bertz CT molecular complexity index is 1140. The first-order valence-corrected chi connectivity index (χ1v) is 8.25. The first-order valence-electron chi connectivity index (χ1n) is 8.25. The predicted octanol–water partition coefficient (Wildman–Crippen LogP) is 4.64. The summed E-state index contributed by atoms with van der Waals surface area (Å²) in [6.07, 6.45) is 0. The van der Waals surface area contributed by atoms with Gasteiger partial charge in [-0.1, -0.05) is 24.3 Å². The molecule has 0 spiro atoms. The van der Waals surface area contributed by atoms with Crippen molar-refractivity contribution < 1.29 is 0 Å². The average molecular weight is 335 g/mol. The minimum absolute atomic E-state index is 0.568. The highest BCUT2D eigenvalue weighted by Crippen LogP contribution is 2.28. The molecule has 5 aromatic rings. The summed E-state index contributed by atoms with van der Waals surface area (Å²) in [6.45, 7) is 0. The number of hydrogen-bond acceptors (Lipinski definition) is 3. The lowest BCUT2D eigenvalue weighted by molar-refractivity contribution is 1.31. The number of H-pyrrole nitrogens is 2. The van der Waals surface area contributed by atoms with E-state index in [2.05, 4.69) is 26.0 Å². The van der Waals surface area contributed by atoms with Gasteiger partial charge in [-0.15, -0.1) is 0 Å². The zero-order chi connectivity index (χ0) is 17.5. The monoisotopic (exact) mass is 335 g/mol. The Labute approximate surface area is 149 Å². The van der Waals surface area contributed by atoms with Crippen molar-refractivity contribution in [1.82, 2.24) is 19.9 Å². The topological polar surface area (TPSA) is 81.2 Å². The maximum atomic E-state index is 9.45. The smallest absolute Gasteiger partial charge is 0.138 e. The van der Waals surface area contributed by atoms with Gasteiger partial charge in [0.15, 0.2) is 0 Å². The molecule has 0 saturated heterocycles. The molecule has 0 aliphatic heterocycles. The lowest BCUT2D eigenvalue weighted by Gasteiger charge is -2.03. The number of rotatable bonds is 2. The van der Waals surface area contributed by atoms with Crippen LogP contribution >= 0.6 is 0 Å². The minimum Gasteiger partial charge on any atom is -0.338 e. The van der Waals surface area contributed by atoms with Gasteiger partial charge in [0.25, 0.3) is 0 Å². The number of aromatic amines is 2. The van der Waals surface area contributed by atoms with Crippen molar-refractivity contribution in [1.29, 1.82) is 5.26 Å². The standard InChI is InChI=1S/C21H13N5/c22-12-13-9-14(20-23-16-5-1-2-6-17(16)24-20)11-15(10-13)21-25-18-7-3-4-8-19(18)26-21/h1-11H,(H,23,24)(H,25,26). The molecule has 122 valence electrons. The largest absolute Gasteiger partial charge is 0.338 e. The van der Waals surface area contributed by atoms with Gasteiger partial charge in [-0.05, 0) is 42.5 Å². The Morgan fingerprint density at radius 3 is 1.65 bits per heavy atom. The van der Waals surface area contributed by atoms with E-state index in [4.69, 9.17) is 0 Å². The van der Waals surface area contributed by atoms with E-state index in [1.165, 1.54) is 0 Å². The van der Waals surface area contributed by atoms with Crippen LogP contribution in [-0.2, 0) is 0 Å². The van der Waals surface area contributed by atoms with Crippen LogP contribution < -0.4 is 0 Å². The molecule has 3 aromatic carbocycles. The molecule has 0 aliphatic rings. The number of nitrogens with one attached hydrogen (secondary N) is 2. The highest BCUT2D eigenvalue weighted by molar-refractivity contribution is 5.82. The molecule has 0 atom stereocenters. The molecule has 2 N–H and O–H groups in total. The van der Waals surface area contributed by atoms with Gasteiger partial charge in [0, 0.05) is 11.1 Å². The molecule has 0 fully saturated rings. The number of benzene rings is 3. The Kier molecular flexibility index (Phi) is 3.09. The maximum absolute atomic E-state index is 9.45. The second-order valence-electron chi connectivity index (χ2n) is 6.12. The van der Waals surface area contributed by atoms with Crippen LogP contribution in [0.4, 0.5) is 0 Å². The van der Waals surface area contributed by atoms with Gasteiger partial charge in [-0.25, -0.2) is 9.97 Å². The van der Waals surface area contributed by atoms with Gasteiger partial charge in [0.1, 0.15) is 11.6 Å². The lowest BCUT2D eigenvalue weighted by atomic mass is 10.1. The van der Waals surface area contributed by atoms with Crippen molar-refractivity contribution in [3.8, 4) is 28.8 Å². The van der Waals surface area contributed by atoms with Crippen molar-refractivity contribution in [2.75, 3.05) is 0 Å². The second kappa shape index (κ2) is 5.57. The molecule has 0 radical (unpaired) electrons. The molecule has 5 nitrogen and oxygen atoms in total. The van der Waals surface area contributed by atoms with Gasteiger partial charge in [0.05, 0.1) is 33.7 Å². The first-order chi connectivity index (χ1) is 12.8. The normalized spacial score (nSPS) is 11.0. The molecule has 0 bridgehead atoms. The van der Waals surface area contributed by atoms with Crippen LogP contribution in [0.3, 0.4) is 0 Å². The van der Waals surface area contributed by atoms with Crippen LogP contribution in [0.1, 0.15) is 5.56 Å².